The largest absolute Gasteiger partial charge is 0.367 e. The van der Waals surface area contributed by atoms with Crippen molar-refractivity contribution in [3.63, 3.8) is 0 Å². The molecule has 2 aliphatic rings. The second-order valence-electron chi connectivity index (χ2n) is 8.85. The highest BCUT2D eigenvalue weighted by molar-refractivity contribution is 7.80. The molecule has 3 aromatic rings. The summed E-state index contributed by atoms with van der Waals surface area (Å²) in [6.45, 7) is 3.30. The fourth-order valence-electron chi connectivity index (χ4n) is 4.26. The number of hydrogen-bond acceptors (Lipinski definition) is 5. The molecule has 34 heavy (non-hydrogen) atoms. The van der Waals surface area contributed by atoms with Crippen LogP contribution in [0.3, 0.4) is 0 Å². The number of anilines is 2. The summed E-state index contributed by atoms with van der Waals surface area (Å²) in [6.07, 6.45) is 5.36. The Hall–Kier alpha value is -3.30. The zero-order valence-electron chi connectivity index (χ0n) is 19.0. The van der Waals surface area contributed by atoms with Gasteiger partial charge in [-0.25, -0.2) is 4.39 Å². The average molecular weight is 479 g/mol. The number of fused-ring (bicyclic) bond motifs is 1. The molecule has 9 heteroatoms. The average Bonchev–Trinajstić information content (AvgIpc) is 3.67. The number of halogens is 1. The molecule has 0 radical (unpaired) electrons. The molecule has 5 rings (SSSR count). The van der Waals surface area contributed by atoms with Crippen LogP contribution in [0.2, 0.25) is 0 Å². The number of likely N-dealkylation sites (N-methyl/N-ethyl adjacent to an activating group) is 1. The summed E-state index contributed by atoms with van der Waals surface area (Å²) in [6, 6.07) is 13.0. The van der Waals surface area contributed by atoms with E-state index in [0.29, 0.717) is 27.8 Å². The second kappa shape index (κ2) is 9.52. The Labute approximate surface area is 202 Å². The Morgan fingerprint density at radius 1 is 1.15 bits per heavy atom. The maximum Gasteiger partial charge on any atom is 0.198 e. The standard InChI is InChI=1S/C25H27FN6OS/c1-30-9-11-31(12-10-30)23-14-22-20(13-21(23)26)24(33)17(16-32(22)19-7-8-19)15-27-29-25(34)28-18-5-3-2-4-6-18/h2-6,13-16,19H,7-12H2,1H3,(H2,28,29,34)/b27-15+. The van der Waals surface area contributed by atoms with Gasteiger partial charge in [0.05, 0.1) is 23.0 Å². The highest BCUT2D eigenvalue weighted by Crippen LogP contribution is 2.38. The van der Waals surface area contributed by atoms with E-state index in [0.717, 1.165) is 50.2 Å². The van der Waals surface area contributed by atoms with E-state index in [1.54, 1.807) is 0 Å². The Morgan fingerprint density at radius 3 is 2.59 bits per heavy atom. The van der Waals surface area contributed by atoms with Crippen LogP contribution in [0.5, 0.6) is 0 Å². The molecular weight excluding hydrogens is 451 g/mol. The first-order valence-corrected chi connectivity index (χ1v) is 11.9. The number of benzene rings is 2. The van der Waals surface area contributed by atoms with E-state index >= 15 is 4.39 Å². The minimum Gasteiger partial charge on any atom is -0.367 e. The summed E-state index contributed by atoms with van der Waals surface area (Å²) < 4.78 is 17.2. The van der Waals surface area contributed by atoms with Gasteiger partial charge in [-0.1, -0.05) is 18.2 Å². The summed E-state index contributed by atoms with van der Waals surface area (Å²) in [7, 11) is 2.07. The lowest BCUT2D eigenvalue weighted by Crippen LogP contribution is -2.44. The van der Waals surface area contributed by atoms with Crippen LogP contribution < -0.4 is 21.1 Å². The van der Waals surface area contributed by atoms with Gasteiger partial charge in [-0.3, -0.25) is 10.2 Å². The van der Waals surface area contributed by atoms with Gasteiger partial charge in [0.2, 0.25) is 0 Å². The van der Waals surface area contributed by atoms with Crippen molar-refractivity contribution in [3.8, 4) is 0 Å². The van der Waals surface area contributed by atoms with E-state index in [1.807, 2.05) is 42.6 Å². The van der Waals surface area contributed by atoms with Crippen molar-refractivity contribution in [2.75, 3.05) is 43.4 Å². The number of nitrogens with zero attached hydrogens (tertiary/aromatic N) is 4. The van der Waals surface area contributed by atoms with Gasteiger partial charge < -0.3 is 19.7 Å². The van der Waals surface area contributed by atoms with Crippen molar-refractivity contribution in [2.24, 2.45) is 5.10 Å². The molecular formula is C25H27FN6OS. The smallest absolute Gasteiger partial charge is 0.198 e. The molecule has 1 aliphatic carbocycles. The van der Waals surface area contributed by atoms with E-state index in [1.165, 1.54) is 12.3 Å². The summed E-state index contributed by atoms with van der Waals surface area (Å²) in [5, 5.41) is 7.86. The minimum atomic E-state index is -0.364. The Morgan fingerprint density at radius 2 is 1.88 bits per heavy atom. The van der Waals surface area contributed by atoms with Crippen molar-refractivity contribution in [3.05, 3.63) is 70.3 Å². The van der Waals surface area contributed by atoms with E-state index < -0.39 is 0 Å². The highest BCUT2D eigenvalue weighted by atomic mass is 32.1. The Bertz CT molecular complexity index is 1300. The molecule has 7 nitrogen and oxygen atoms in total. The molecule has 1 aromatic heterocycles. The molecule has 0 bridgehead atoms. The van der Waals surface area contributed by atoms with E-state index in [2.05, 4.69) is 37.3 Å². The van der Waals surface area contributed by atoms with Crippen LogP contribution in [0.15, 0.2) is 58.6 Å². The number of piperazine rings is 1. The lowest BCUT2D eigenvalue weighted by Gasteiger charge is -2.34. The molecule has 2 aromatic carbocycles. The van der Waals surface area contributed by atoms with Crippen molar-refractivity contribution in [2.45, 2.75) is 18.9 Å². The van der Waals surface area contributed by atoms with Gasteiger partial charge in [-0.2, -0.15) is 5.10 Å². The van der Waals surface area contributed by atoms with Crippen LogP contribution in [0, 0.1) is 5.82 Å². The summed E-state index contributed by atoms with van der Waals surface area (Å²) in [5.41, 5.74) is 5.06. The van der Waals surface area contributed by atoms with Crippen LogP contribution in [-0.2, 0) is 0 Å². The van der Waals surface area contributed by atoms with E-state index in [-0.39, 0.29) is 11.2 Å². The number of rotatable bonds is 5. The molecule has 2 heterocycles. The Balaban J connectivity index is 1.42. The van der Waals surface area contributed by atoms with Gasteiger partial charge in [0.15, 0.2) is 10.5 Å². The molecule has 2 N–H and O–H groups in total. The maximum atomic E-state index is 15.2. The van der Waals surface area contributed by atoms with Gasteiger partial charge >= 0.3 is 0 Å². The topological polar surface area (TPSA) is 64.9 Å². The lowest BCUT2D eigenvalue weighted by atomic mass is 10.1. The zero-order valence-corrected chi connectivity index (χ0v) is 19.8. The molecule has 2 fully saturated rings. The van der Waals surface area contributed by atoms with Crippen molar-refractivity contribution in [1.82, 2.24) is 14.9 Å². The normalized spacial score (nSPS) is 16.8. The number of hydrogen-bond donors (Lipinski definition) is 2. The number of hydrazone groups is 1. The fourth-order valence-corrected chi connectivity index (χ4v) is 4.43. The molecule has 0 amide bonds. The molecule has 0 spiro atoms. The van der Waals surface area contributed by atoms with Crippen LogP contribution in [-0.4, -0.2) is 54.0 Å². The maximum absolute atomic E-state index is 15.2. The molecule has 1 aliphatic heterocycles. The summed E-state index contributed by atoms with van der Waals surface area (Å²) >= 11 is 5.26. The third-order valence-corrected chi connectivity index (χ3v) is 6.51. The molecule has 1 saturated heterocycles. The lowest BCUT2D eigenvalue weighted by molar-refractivity contribution is 0.312. The SMILES string of the molecule is CN1CCN(c2cc3c(cc2F)c(=O)c(/C=N/NC(=S)Nc2ccccc2)cn3C2CC2)CC1. The van der Waals surface area contributed by atoms with Crippen molar-refractivity contribution in [1.29, 1.82) is 0 Å². The number of thiocarbonyl (C=S) groups is 1. The zero-order chi connectivity index (χ0) is 23.7. The summed E-state index contributed by atoms with van der Waals surface area (Å²) in [5.74, 6) is -0.364. The van der Waals surface area contributed by atoms with Crippen LogP contribution in [0.25, 0.3) is 10.9 Å². The van der Waals surface area contributed by atoms with Gasteiger partial charge in [-0.15, -0.1) is 0 Å². The first-order chi connectivity index (χ1) is 16.5. The third-order valence-electron chi connectivity index (χ3n) is 6.31. The fraction of sp³-hybridized carbons (Fsp3) is 0.320. The van der Waals surface area contributed by atoms with Crippen molar-refractivity contribution >= 4 is 45.8 Å². The monoisotopic (exact) mass is 478 g/mol. The molecule has 176 valence electrons. The number of pyridine rings is 1. The van der Waals surface area contributed by atoms with Gasteiger partial charge in [0.25, 0.3) is 0 Å². The first-order valence-electron chi connectivity index (χ1n) is 11.5. The van der Waals surface area contributed by atoms with Gasteiger partial charge in [0.1, 0.15) is 5.82 Å². The van der Waals surface area contributed by atoms with E-state index in [4.69, 9.17) is 12.2 Å². The number of para-hydroxylation sites is 1. The number of aromatic nitrogens is 1. The molecule has 0 atom stereocenters. The van der Waals surface area contributed by atoms with Gasteiger partial charge in [0, 0.05) is 49.5 Å². The Kier molecular flexibility index (Phi) is 6.30. The predicted molar refractivity (Wildman–Crippen MR) is 140 cm³/mol. The van der Waals surface area contributed by atoms with Gasteiger partial charge in [-0.05, 0) is 56.4 Å². The third kappa shape index (κ3) is 4.80. The van der Waals surface area contributed by atoms with Crippen LogP contribution >= 0.6 is 12.2 Å². The van der Waals surface area contributed by atoms with Crippen LogP contribution in [0.1, 0.15) is 24.4 Å². The quantitative estimate of drug-likeness (QED) is 0.332. The molecule has 1 saturated carbocycles. The predicted octanol–water partition coefficient (Wildman–Crippen LogP) is 3.55. The van der Waals surface area contributed by atoms with Crippen molar-refractivity contribution < 1.29 is 4.39 Å². The minimum absolute atomic E-state index is 0.247. The second-order valence-corrected chi connectivity index (χ2v) is 9.26. The molecule has 0 unspecified atom stereocenters. The number of nitrogens with one attached hydrogen (secondary N) is 2. The highest BCUT2D eigenvalue weighted by Gasteiger charge is 2.27. The van der Waals surface area contributed by atoms with E-state index in [9.17, 15) is 4.79 Å². The summed E-state index contributed by atoms with van der Waals surface area (Å²) in [4.78, 5) is 17.5. The van der Waals surface area contributed by atoms with Crippen LogP contribution in [0.4, 0.5) is 15.8 Å². The first kappa shape index (κ1) is 22.5.